The molecule has 2 rings (SSSR count). The van der Waals surface area contributed by atoms with Crippen LogP contribution in [0, 0.1) is 0 Å². The van der Waals surface area contributed by atoms with Gasteiger partial charge in [0.05, 0.1) is 30.6 Å². The molecule has 6 nitrogen and oxygen atoms in total. The van der Waals surface area contributed by atoms with Crippen molar-refractivity contribution < 1.29 is 14.3 Å². The molecule has 1 aromatic rings. The molecular formula is C14H21N3O3. The fourth-order valence-corrected chi connectivity index (χ4v) is 1.96. The maximum Gasteiger partial charge on any atom is 0.412 e. The zero-order valence-corrected chi connectivity index (χ0v) is 12.1. The molecule has 0 aromatic carbocycles. The van der Waals surface area contributed by atoms with Crippen LogP contribution in [0.25, 0.3) is 0 Å². The Kier molecular flexibility index (Phi) is 4.57. The van der Waals surface area contributed by atoms with Crippen molar-refractivity contribution in [2.45, 2.75) is 32.4 Å². The summed E-state index contributed by atoms with van der Waals surface area (Å²) in [5.41, 5.74) is 0.876. The smallest absolute Gasteiger partial charge is 0.412 e. The van der Waals surface area contributed by atoms with Gasteiger partial charge in [0.15, 0.2) is 0 Å². The molecule has 1 saturated heterocycles. The standard InChI is InChI=1S/C14H21N3O3/c1-14(2,3)20-13(18)17-10-5-4-6-16-12(10)11-9-19-8-7-15-11/h4-6,11,15H,7-9H2,1-3H3,(H,17,18)/t11-/m1/s1. The van der Waals surface area contributed by atoms with Gasteiger partial charge in [-0.3, -0.25) is 10.3 Å². The minimum absolute atomic E-state index is 0.0186. The summed E-state index contributed by atoms with van der Waals surface area (Å²) >= 11 is 0. The minimum Gasteiger partial charge on any atom is -0.444 e. The van der Waals surface area contributed by atoms with E-state index in [0.717, 1.165) is 12.2 Å². The second kappa shape index (κ2) is 6.19. The van der Waals surface area contributed by atoms with Crippen molar-refractivity contribution in [2.75, 3.05) is 25.1 Å². The third-order valence-electron chi connectivity index (χ3n) is 2.73. The molecule has 1 atom stereocenters. The first-order chi connectivity index (χ1) is 9.46. The van der Waals surface area contributed by atoms with Crippen LogP contribution in [0.4, 0.5) is 10.5 Å². The number of rotatable bonds is 2. The highest BCUT2D eigenvalue weighted by molar-refractivity contribution is 5.85. The Morgan fingerprint density at radius 2 is 2.35 bits per heavy atom. The molecule has 110 valence electrons. The Balaban J connectivity index is 2.09. The molecule has 6 heteroatoms. The van der Waals surface area contributed by atoms with E-state index in [2.05, 4.69) is 15.6 Å². The summed E-state index contributed by atoms with van der Waals surface area (Å²) in [6, 6.07) is 3.57. The predicted molar refractivity (Wildman–Crippen MR) is 75.7 cm³/mol. The number of morpholine rings is 1. The van der Waals surface area contributed by atoms with Gasteiger partial charge in [-0.2, -0.15) is 0 Å². The molecule has 1 aromatic heterocycles. The van der Waals surface area contributed by atoms with Crippen molar-refractivity contribution in [2.24, 2.45) is 0 Å². The van der Waals surface area contributed by atoms with Crippen LogP contribution >= 0.6 is 0 Å². The lowest BCUT2D eigenvalue weighted by Crippen LogP contribution is -2.36. The van der Waals surface area contributed by atoms with E-state index in [1.165, 1.54) is 0 Å². The number of carbonyl (C=O) groups is 1. The van der Waals surface area contributed by atoms with Crippen molar-refractivity contribution in [3.05, 3.63) is 24.0 Å². The lowest BCUT2D eigenvalue weighted by Gasteiger charge is -2.25. The SMILES string of the molecule is CC(C)(C)OC(=O)Nc1cccnc1[C@H]1COCCN1. The first kappa shape index (κ1) is 14.7. The summed E-state index contributed by atoms with van der Waals surface area (Å²) < 4.78 is 10.7. The van der Waals surface area contributed by atoms with E-state index in [1.807, 2.05) is 26.8 Å². The van der Waals surface area contributed by atoms with Crippen LogP contribution in [0.15, 0.2) is 18.3 Å². The van der Waals surface area contributed by atoms with E-state index >= 15 is 0 Å². The molecular weight excluding hydrogens is 258 g/mol. The molecule has 0 bridgehead atoms. The van der Waals surface area contributed by atoms with Gasteiger partial charge in [0.2, 0.25) is 0 Å². The summed E-state index contributed by atoms with van der Waals surface area (Å²) in [6.45, 7) is 7.49. The Morgan fingerprint density at radius 3 is 3.00 bits per heavy atom. The van der Waals surface area contributed by atoms with Crippen LogP contribution in [-0.2, 0) is 9.47 Å². The van der Waals surface area contributed by atoms with Crippen LogP contribution in [0.5, 0.6) is 0 Å². The zero-order chi connectivity index (χ0) is 14.6. The average molecular weight is 279 g/mol. The van der Waals surface area contributed by atoms with Gasteiger partial charge in [0.1, 0.15) is 5.60 Å². The fraction of sp³-hybridized carbons (Fsp3) is 0.571. The molecule has 20 heavy (non-hydrogen) atoms. The lowest BCUT2D eigenvalue weighted by atomic mass is 10.1. The Labute approximate surface area is 118 Å². The van der Waals surface area contributed by atoms with Crippen LogP contribution in [0.2, 0.25) is 0 Å². The monoisotopic (exact) mass is 279 g/mol. The van der Waals surface area contributed by atoms with Gasteiger partial charge in [-0.1, -0.05) is 0 Å². The predicted octanol–water partition coefficient (Wildman–Crippen LogP) is 2.09. The number of pyridine rings is 1. The van der Waals surface area contributed by atoms with E-state index in [9.17, 15) is 4.79 Å². The topological polar surface area (TPSA) is 72.5 Å². The van der Waals surface area contributed by atoms with Crippen molar-refractivity contribution in [1.82, 2.24) is 10.3 Å². The van der Waals surface area contributed by atoms with E-state index in [0.29, 0.717) is 18.9 Å². The Hall–Kier alpha value is -1.66. The fourth-order valence-electron chi connectivity index (χ4n) is 1.96. The molecule has 0 unspecified atom stereocenters. The van der Waals surface area contributed by atoms with E-state index in [4.69, 9.17) is 9.47 Å². The number of hydrogen-bond donors (Lipinski definition) is 2. The molecule has 0 aliphatic carbocycles. The summed E-state index contributed by atoms with van der Waals surface area (Å²) in [4.78, 5) is 16.2. The van der Waals surface area contributed by atoms with Gasteiger partial charge in [-0.15, -0.1) is 0 Å². The van der Waals surface area contributed by atoms with Crippen molar-refractivity contribution in [3.63, 3.8) is 0 Å². The Bertz CT molecular complexity index is 465. The van der Waals surface area contributed by atoms with E-state index in [-0.39, 0.29) is 6.04 Å². The number of hydrogen-bond acceptors (Lipinski definition) is 5. The highest BCUT2D eigenvalue weighted by atomic mass is 16.6. The number of anilines is 1. The second-order valence-corrected chi connectivity index (χ2v) is 5.64. The average Bonchev–Trinajstić information content (AvgIpc) is 2.38. The third-order valence-corrected chi connectivity index (χ3v) is 2.73. The van der Waals surface area contributed by atoms with Gasteiger partial charge < -0.3 is 14.8 Å². The van der Waals surface area contributed by atoms with Gasteiger partial charge in [0, 0.05) is 12.7 Å². The highest BCUT2D eigenvalue weighted by Crippen LogP contribution is 2.22. The molecule has 0 saturated carbocycles. The quantitative estimate of drug-likeness (QED) is 0.867. The highest BCUT2D eigenvalue weighted by Gasteiger charge is 2.22. The third kappa shape index (κ3) is 4.18. The van der Waals surface area contributed by atoms with Gasteiger partial charge in [-0.05, 0) is 32.9 Å². The van der Waals surface area contributed by atoms with E-state index in [1.54, 1.807) is 12.3 Å². The maximum atomic E-state index is 11.9. The van der Waals surface area contributed by atoms with Gasteiger partial charge >= 0.3 is 6.09 Å². The zero-order valence-electron chi connectivity index (χ0n) is 12.1. The molecule has 1 amide bonds. The van der Waals surface area contributed by atoms with Crippen molar-refractivity contribution >= 4 is 11.8 Å². The van der Waals surface area contributed by atoms with Crippen LogP contribution in [0.1, 0.15) is 32.5 Å². The summed E-state index contributed by atoms with van der Waals surface area (Å²) in [5.74, 6) is 0. The summed E-state index contributed by atoms with van der Waals surface area (Å²) in [7, 11) is 0. The van der Waals surface area contributed by atoms with Gasteiger partial charge in [0.25, 0.3) is 0 Å². The number of carbonyl (C=O) groups excluding carboxylic acids is 1. The lowest BCUT2D eigenvalue weighted by molar-refractivity contribution is 0.0633. The molecule has 1 fully saturated rings. The number of nitrogens with one attached hydrogen (secondary N) is 2. The van der Waals surface area contributed by atoms with Crippen molar-refractivity contribution in [3.8, 4) is 0 Å². The second-order valence-electron chi connectivity index (χ2n) is 5.64. The molecule has 0 radical (unpaired) electrons. The number of nitrogens with zero attached hydrogens (tertiary/aromatic N) is 1. The maximum absolute atomic E-state index is 11.9. The minimum atomic E-state index is -0.529. The van der Waals surface area contributed by atoms with E-state index < -0.39 is 11.7 Å². The molecule has 1 aliphatic heterocycles. The molecule has 0 spiro atoms. The van der Waals surface area contributed by atoms with Crippen LogP contribution < -0.4 is 10.6 Å². The van der Waals surface area contributed by atoms with Crippen LogP contribution in [0.3, 0.4) is 0 Å². The van der Waals surface area contributed by atoms with Crippen molar-refractivity contribution in [1.29, 1.82) is 0 Å². The first-order valence-electron chi connectivity index (χ1n) is 6.72. The number of amides is 1. The summed E-state index contributed by atoms with van der Waals surface area (Å²) in [6.07, 6.45) is 1.22. The summed E-state index contributed by atoms with van der Waals surface area (Å²) in [5, 5.41) is 6.06. The largest absolute Gasteiger partial charge is 0.444 e. The Morgan fingerprint density at radius 1 is 1.55 bits per heavy atom. The normalized spacial score (nSPS) is 19.4. The first-order valence-corrected chi connectivity index (χ1v) is 6.72. The molecule has 1 aliphatic rings. The number of aromatic nitrogens is 1. The number of ether oxygens (including phenoxy) is 2. The molecule has 2 heterocycles. The van der Waals surface area contributed by atoms with Gasteiger partial charge in [-0.25, -0.2) is 4.79 Å². The van der Waals surface area contributed by atoms with Crippen LogP contribution in [-0.4, -0.2) is 36.4 Å². The molecule has 2 N–H and O–H groups in total.